The standard InChI is InChI=1S/C19H14N4O2S/c24-17-13-8-4-5-9-15(13)21-18(25)14(17)10-20-23-19-22-16(11-26-19)12-6-2-1-3-7-12/h1-11H,(H,22,23)(H2,21,24,25)/b20-10+. The van der Waals surface area contributed by atoms with Gasteiger partial charge >= 0.3 is 0 Å². The Labute approximate surface area is 152 Å². The zero-order chi connectivity index (χ0) is 17.9. The van der Waals surface area contributed by atoms with E-state index in [9.17, 15) is 9.90 Å². The van der Waals surface area contributed by atoms with E-state index >= 15 is 0 Å². The quantitative estimate of drug-likeness (QED) is 0.380. The lowest BCUT2D eigenvalue weighted by Gasteiger charge is -2.03. The number of pyridine rings is 1. The number of anilines is 1. The van der Waals surface area contributed by atoms with Crippen LogP contribution in [-0.2, 0) is 0 Å². The Morgan fingerprint density at radius 1 is 1.12 bits per heavy atom. The van der Waals surface area contributed by atoms with Crippen LogP contribution in [0.3, 0.4) is 0 Å². The van der Waals surface area contributed by atoms with E-state index < -0.39 is 5.56 Å². The Morgan fingerprint density at radius 3 is 2.73 bits per heavy atom. The molecule has 0 amide bonds. The number of nitrogens with zero attached hydrogens (tertiary/aromatic N) is 2. The van der Waals surface area contributed by atoms with Gasteiger partial charge in [-0.1, -0.05) is 42.5 Å². The van der Waals surface area contributed by atoms with Crippen LogP contribution in [0.5, 0.6) is 5.75 Å². The van der Waals surface area contributed by atoms with Crippen molar-refractivity contribution in [1.82, 2.24) is 9.97 Å². The molecule has 26 heavy (non-hydrogen) atoms. The SMILES string of the molecule is O=c1[nH]c2ccccc2c(O)c1/C=N/Nc1nc(-c2ccccc2)cs1. The Morgan fingerprint density at radius 2 is 1.88 bits per heavy atom. The van der Waals surface area contributed by atoms with Crippen LogP contribution in [0.2, 0.25) is 0 Å². The molecule has 0 aliphatic heterocycles. The second kappa shape index (κ2) is 6.81. The molecule has 2 aromatic carbocycles. The third-order valence-electron chi connectivity index (χ3n) is 3.86. The van der Waals surface area contributed by atoms with E-state index in [1.54, 1.807) is 24.3 Å². The molecule has 0 fully saturated rings. The molecule has 0 aliphatic carbocycles. The van der Waals surface area contributed by atoms with E-state index in [4.69, 9.17) is 0 Å². The number of aromatic nitrogens is 2. The van der Waals surface area contributed by atoms with Crippen molar-refractivity contribution in [2.24, 2.45) is 5.10 Å². The van der Waals surface area contributed by atoms with Crippen LogP contribution in [0.15, 0.2) is 69.9 Å². The van der Waals surface area contributed by atoms with Crippen LogP contribution >= 0.6 is 11.3 Å². The smallest absolute Gasteiger partial charge is 0.261 e. The summed E-state index contributed by atoms with van der Waals surface area (Å²) in [6, 6.07) is 16.9. The maximum absolute atomic E-state index is 12.1. The lowest BCUT2D eigenvalue weighted by Crippen LogP contribution is -2.12. The van der Waals surface area contributed by atoms with Gasteiger partial charge in [-0.15, -0.1) is 11.3 Å². The normalized spacial score (nSPS) is 11.2. The summed E-state index contributed by atoms with van der Waals surface area (Å²) in [5.41, 5.74) is 4.93. The first kappa shape index (κ1) is 16.0. The van der Waals surface area contributed by atoms with Gasteiger partial charge in [0.05, 0.1) is 17.4 Å². The molecule has 0 radical (unpaired) electrons. The van der Waals surface area contributed by atoms with Gasteiger partial charge in [-0.3, -0.25) is 10.2 Å². The molecular formula is C19H14N4O2S. The van der Waals surface area contributed by atoms with Crippen LogP contribution in [-0.4, -0.2) is 21.3 Å². The summed E-state index contributed by atoms with van der Waals surface area (Å²) >= 11 is 1.41. The number of H-pyrrole nitrogens is 1. The zero-order valence-electron chi connectivity index (χ0n) is 13.5. The summed E-state index contributed by atoms with van der Waals surface area (Å²) in [6.07, 6.45) is 1.30. The van der Waals surface area contributed by atoms with Gasteiger partial charge in [0.1, 0.15) is 11.3 Å². The summed E-state index contributed by atoms with van der Waals surface area (Å²) in [5.74, 6) is -0.0981. The summed E-state index contributed by atoms with van der Waals surface area (Å²) in [4.78, 5) is 19.3. The Bertz CT molecular complexity index is 1150. The molecule has 4 rings (SSSR count). The van der Waals surface area contributed by atoms with E-state index in [2.05, 4.69) is 20.5 Å². The highest BCUT2D eigenvalue weighted by atomic mass is 32.1. The van der Waals surface area contributed by atoms with E-state index in [1.165, 1.54) is 17.6 Å². The molecule has 7 heteroatoms. The minimum absolute atomic E-state index is 0.0936. The first-order valence-electron chi connectivity index (χ1n) is 7.86. The predicted molar refractivity (Wildman–Crippen MR) is 105 cm³/mol. The molecule has 6 nitrogen and oxygen atoms in total. The number of benzene rings is 2. The number of fused-ring (bicyclic) bond motifs is 1. The van der Waals surface area contributed by atoms with Crippen LogP contribution in [0.1, 0.15) is 5.56 Å². The molecule has 128 valence electrons. The summed E-state index contributed by atoms with van der Waals surface area (Å²) in [6.45, 7) is 0. The molecule has 0 saturated carbocycles. The van der Waals surface area contributed by atoms with E-state index in [1.807, 2.05) is 35.7 Å². The van der Waals surface area contributed by atoms with Gasteiger partial charge in [-0.2, -0.15) is 5.10 Å². The number of nitrogens with one attached hydrogen (secondary N) is 2. The second-order valence-corrected chi connectivity index (χ2v) is 6.39. The zero-order valence-corrected chi connectivity index (χ0v) is 14.3. The van der Waals surface area contributed by atoms with Crippen molar-refractivity contribution in [3.05, 3.63) is 75.9 Å². The number of thiazole rings is 1. The fourth-order valence-electron chi connectivity index (χ4n) is 2.58. The van der Waals surface area contributed by atoms with Gasteiger partial charge in [-0.25, -0.2) is 4.98 Å². The minimum Gasteiger partial charge on any atom is -0.506 e. The second-order valence-electron chi connectivity index (χ2n) is 5.54. The molecule has 0 aliphatic rings. The first-order valence-corrected chi connectivity index (χ1v) is 8.74. The summed E-state index contributed by atoms with van der Waals surface area (Å²) in [5, 5.41) is 17.5. The number of aromatic hydroxyl groups is 1. The predicted octanol–water partition coefficient (Wildman–Crippen LogP) is 3.80. The van der Waals surface area contributed by atoms with Crippen molar-refractivity contribution in [2.45, 2.75) is 0 Å². The Balaban J connectivity index is 1.57. The topological polar surface area (TPSA) is 90.4 Å². The van der Waals surface area contributed by atoms with Crippen LogP contribution in [0, 0.1) is 0 Å². The first-order chi connectivity index (χ1) is 12.7. The van der Waals surface area contributed by atoms with Crippen LogP contribution in [0.25, 0.3) is 22.2 Å². The van der Waals surface area contributed by atoms with Crippen LogP contribution in [0.4, 0.5) is 5.13 Å². The molecule has 4 aromatic rings. The highest BCUT2D eigenvalue weighted by Crippen LogP contribution is 2.25. The Kier molecular flexibility index (Phi) is 4.20. The van der Waals surface area contributed by atoms with Gasteiger partial charge in [0.15, 0.2) is 0 Å². The number of hydrogen-bond acceptors (Lipinski definition) is 6. The van der Waals surface area contributed by atoms with Crippen molar-refractivity contribution < 1.29 is 5.11 Å². The number of hydrazone groups is 1. The molecule has 2 heterocycles. The lowest BCUT2D eigenvalue weighted by atomic mass is 10.1. The maximum Gasteiger partial charge on any atom is 0.261 e. The van der Waals surface area contributed by atoms with Crippen molar-refractivity contribution in [3.63, 3.8) is 0 Å². The molecule has 0 saturated heterocycles. The molecule has 0 bridgehead atoms. The van der Waals surface area contributed by atoms with E-state index in [-0.39, 0.29) is 11.3 Å². The average Bonchev–Trinajstić information content (AvgIpc) is 3.14. The number of para-hydroxylation sites is 1. The van der Waals surface area contributed by atoms with Gasteiger partial charge in [0.25, 0.3) is 5.56 Å². The minimum atomic E-state index is -0.407. The van der Waals surface area contributed by atoms with Crippen molar-refractivity contribution >= 4 is 33.6 Å². The maximum atomic E-state index is 12.1. The third kappa shape index (κ3) is 3.07. The lowest BCUT2D eigenvalue weighted by molar-refractivity contribution is 0.479. The number of rotatable bonds is 4. The van der Waals surface area contributed by atoms with Gasteiger partial charge in [-0.05, 0) is 12.1 Å². The highest BCUT2D eigenvalue weighted by Gasteiger charge is 2.09. The third-order valence-corrected chi connectivity index (χ3v) is 4.60. The Hall–Kier alpha value is -3.45. The van der Waals surface area contributed by atoms with Gasteiger partial charge in [0, 0.05) is 16.3 Å². The number of hydrogen-bond donors (Lipinski definition) is 3. The molecular weight excluding hydrogens is 348 g/mol. The monoisotopic (exact) mass is 362 g/mol. The fraction of sp³-hybridized carbons (Fsp3) is 0. The van der Waals surface area contributed by atoms with E-state index in [0.29, 0.717) is 16.0 Å². The summed E-state index contributed by atoms with van der Waals surface area (Å²) < 4.78 is 0. The molecule has 0 unspecified atom stereocenters. The number of aromatic amines is 1. The van der Waals surface area contributed by atoms with Crippen molar-refractivity contribution in [2.75, 3.05) is 5.43 Å². The molecule has 3 N–H and O–H groups in total. The average molecular weight is 362 g/mol. The molecule has 0 atom stereocenters. The van der Waals surface area contributed by atoms with E-state index in [0.717, 1.165) is 11.3 Å². The largest absolute Gasteiger partial charge is 0.506 e. The molecule has 0 spiro atoms. The van der Waals surface area contributed by atoms with Gasteiger partial charge in [0.2, 0.25) is 5.13 Å². The summed E-state index contributed by atoms with van der Waals surface area (Å²) in [7, 11) is 0. The van der Waals surface area contributed by atoms with Crippen LogP contribution < -0.4 is 11.0 Å². The van der Waals surface area contributed by atoms with Gasteiger partial charge < -0.3 is 10.1 Å². The van der Waals surface area contributed by atoms with Crippen molar-refractivity contribution in [1.29, 1.82) is 0 Å². The fourth-order valence-corrected chi connectivity index (χ4v) is 3.25. The molecule has 2 aromatic heterocycles. The highest BCUT2D eigenvalue weighted by molar-refractivity contribution is 7.14. The van der Waals surface area contributed by atoms with Crippen molar-refractivity contribution in [3.8, 4) is 17.0 Å².